The van der Waals surface area contributed by atoms with Gasteiger partial charge in [-0.25, -0.2) is 0 Å². The quantitative estimate of drug-likeness (QED) is 0.572. The first-order valence-electron chi connectivity index (χ1n) is 2.89. The molecule has 0 aromatic heterocycles. The van der Waals surface area contributed by atoms with Crippen molar-refractivity contribution in [2.24, 2.45) is 0 Å². The fourth-order valence-corrected chi connectivity index (χ4v) is 0. The van der Waals surface area contributed by atoms with Crippen LogP contribution in [-0.2, 0) is 0 Å². The Morgan fingerprint density at radius 1 is 1.09 bits per heavy atom. The van der Waals surface area contributed by atoms with Crippen molar-refractivity contribution in [3.05, 3.63) is 48.0 Å². The van der Waals surface area contributed by atoms with Crippen molar-refractivity contribution in [2.45, 2.75) is 6.92 Å². The molecule has 0 unspecified atom stereocenters. The third-order valence-corrected chi connectivity index (χ3v) is 1.20. The Balaban J connectivity index is 0. The second-order valence-corrected chi connectivity index (χ2v) is 2.77. The molecule has 0 aromatic rings. The minimum Gasteiger partial charge on any atom is -0.0988 e. The second kappa shape index (κ2) is 7.64. The van der Waals surface area contributed by atoms with Gasteiger partial charge in [0.25, 0.3) is 0 Å². The van der Waals surface area contributed by atoms with Crippen molar-refractivity contribution >= 4 is 23.2 Å². The van der Waals surface area contributed by atoms with E-state index in [1.165, 1.54) is 0 Å². The van der Waals surface area contributed by atoms with Gasteiger partial charge in [0, 0.05) is 0 Å². The standard InChI is InChI=1S/C5H8.C4H4Cl2/c1-4-5(2)3;1-3(5)4(2)6/h4H,1-2H2,3H3;1-2H2. The second-order valence-electron chi connectivity index (χ2n) is 1.86. The predicted octanol–water partition coefficient (Wildman–Crippen LogP) is 4.24. The lowest BCUT2D eigenvalue weighted by Crippen LogP contribution is -1.57. The van der Waals surface area contributed by atoms with Crippen molar-refractivity contribution in [1.29, 1.82) is 0 Å². The van der Waals surface area contributed by atoms with E-state index in [1.54, 1.807) is 6.08 Å². The molecule has 0 saturated heterocycles. The Hall–Kier alpha value is -0.460. The highest BCUT2D eigenvalue weighted by atomic mass is 35.5. The van der Waals surface area contributed by atoms with Crippen LogP contribution in [0.15, 0.2) is 48.0 Å². The van der Waals surface area contributed by atoms with Crippen molar-refractivity contribution in [2.75, 3.05) is 0 Å². The van der Waals surface area contributed by atoms with E-state index in [9.17, 15) is 0 Å². The summed E-state index contributed by atoms with van der Waals surface area (Å²) in [6.45, 7) is 15.5. The maximum atomic E-state index is 5.19. The molecule has 62 valence electrons. The van der Waals surface area contributed by atoms with Crippen LogP contribution in [0.3, 0.4) is 0 Å². The number of hydrogen-bond donors (Lipinski definition) is 0. The molecule has 0 amide bonds. The summed E-state index contributed by atoms with van der Waals surface area (Å²) < 4.78 is 0. The van der Waals surface area contributed by atoms with Gasteiger partial charge in [0.1, 0.15) is 0 Å². The predicted molar refractivity (Wildman–Crippen MR) is 55.0 cm³/mol. The lowest BCUT2D eigenvalue weighted by Gasteiger charge is -1.81. The van der Waals surface area contributed by atoms with E-state index in [1.807, 2.05) is 6.92 Å². The highest BCUT2D eigenvalue weighted by molar-refractivity contribution is 6.43. The van der Waals surface area contributed by atoms with E-state index in [2.05, 4.69) is 26.3 Å². The fourth-order valence-electron chi connectivity index (χ4n) is 0. The molecule has 0 nitrogen and oxygen atoms in total. The topological polar surface area (TPSA) is 0 Å². The summed E-state index contributed by atoms with van der Waals surface area (Å²) in [6.07, 6.45) is 1.72. The van der Waals surface area contributed by atoms with Crippen molar-refractivity contribution < 1.29 is 0 Å². The highest BCUT2D eigenvalue weighted by Gasteiger charge is 1.84. The van der Waals surface area contributed by atoms with Gasteiger partial charge in [0.2, 0.25) is 0 Å². The summed E-state index contributed by atoms with van der Waals surface area (Å²) in [7, 11) is 0. The van der Waals surface area contributed by atoms with Gasteiger partial charge in [-0.15, -0.1) is 0 Å². The Morgan fingerprint density at radius 3 is 1.27 bits per heavy atom. The minimum absolute atomic E-state index is 0.302. The summed E-state index contributed by atoms with van der Waals surface area (Å²) >= 11 is 10.4. The van der Waals surface area contributed by atoms with Gasteiger partial charge in [0.05, 0.1) is 10.1 Å². The largest absolute Gasteiger partial charge is 0.0988 e. The molecular weight excluding hydrogens is 179 g/mol. The van der Waals surface area contributed by atoms with Crippen LogP contribution in [-0.4, -0.2) is 0 Å². The van der Waals surface area contributed by atoms with Gasteiger partial charge in [0.15, 0.2) is 0 Å². The summed E-state index contributed by atoms with van der Waals surface area (Å²) in [4.78, 5) is 0. The van der Waals surface area contributed by atoms with E-state index in [0.717, 1.165) is 5.57 Å². The van der Waals surface area contributed by atoms with Crippen LogP contribution < -0.4 is 0 Å². The van der Waals surface area contributed by atoms with Crippen LogP contribution in [0, 0.1) is 0 Å². The third kappa shape index (κ3) is 17.7. The van der Waals surface area contributed by atoms with Gasteiger partial charge in [-0.3, -0.25) is 0 Å². The molecule has 0 radical (unpaired) electrons. The molecule has 0 spiro atoms. The number of rotatable bonds is 2. The van der Waals surface area contributed by atoms with Gasteiger partial charge in [-0.05, 0) is 6.92 Å². The smallest absolute Gasteiger partial charge is 0.0514 e. The molecule has 0 aromatic carbocycles. The molecule has 0 aliphatic carbocycles. The Kier molecular flexibility index (Phi) is 9.14. The lowest BCUT2D eigenvalue weighted by atomic mass is 10.4. The molecule has 0 saturated carbocycles. The molecule has 0 aliphatic rings. The van der Waals surface area contributed by atoms with E-state index in [-0.39, 0.29) is 0 Å². The zero-order valence-corrected chi connectivity index (χ0v) is 8.17. The van der Waals surface area contributed by atoms with Gasteiger partial charge < -0.3 is 0 Å². The zero-order chi connectivity index (χ0) is 9.44. The SMILES string of the molecule is C=C(Cl)C(=C)Cl.C=CC(=C)C. The maximum absolute atomic E-state index is 5.19. The fraction of sp³-hybridized carbons (Fsp3) is 0.111. The normalized spacial score (nSPS) is 7.18. The van der Waals surface area contributed by atoms with Crippen LogP contribution >= 0.6 is 23.2 Å². The maximum Gasteiger partial charge on any atom is 0.0514 e. The Morgan fingerprint density at radius 2 is 1.27 bits per heavy atom. The minimum atomic E-state index is 0.302. The molecule has 0 fully saturated rings. The van der Waals surface area contributed by atoms with Crippen molar-refractivity contribution in [1.82, 2.24) is 0 Å². The summed E-state index contributed by atoms with van der Waals surface area (Å²) in [5.41, 5.74) is 1.02. The first-order chi connectivity index (χ1) is 4.91. The molecule has 0 aliphatic heterocycles. The highest BCUT2D eigenvalue weighted by Crippen LogP contribution is 2.12. The summed E-state index contributed by atoms with van der Waals surface area (Å²) in [6, 6.07) is 0. The average Bonchev–Trinajstić information content (AvgIpc) is 1.89. The third-order valence-electron chi connectivity index (χ3n) is 0.643. The average molecular weight is 191 g/mol. The Bertz CT molecular complexity index is 166. The van der Waals surface area contributed by atoms with Crippen LogP contribution in [0.1, 0.15) is 6.92 Å². The van der Waals surface area contributed by atoms with Gasteiger partial charge >= 0.3 is 0 Å². The van der Waals surface area contributed by atoms with E-state index < -0.39 is 0 Å². The Labute approximate surface area is 78.5 Å². The van der Waals surface area contributed by atoms with Crippen LogP contribution in [0.2, 0.25) is 0 Å². The number of halogens is 2. The first-order valence-corrected chi connectivity index (χ1v) is 3.64. The zero-order valence-electron chi connectivity index (χ0n) is 6.66. The van der Waals surface area contributed by atoms with E-state index in [0.29, 0.717) is 10.1 Å². The first kappa shape index (κ1) is 13.2. The molecule has 0 heterocycles. The molecule has 0 N–H and O–H groups in total. The molecule has 0 bridgehead atoms. The summed E-state index contributed by atoms with van der Waals surface area (Å²) in [5, 5.41) is 0.605. The molecule has 2 heteroatoms. The van der Waals surface area contributed by atoms with Crippen molar-refractivity contribution in [3.8, 4) is 0 Å². The number of allylic oxidation sites excluding steroid dienone is 4. The van der Waals surface area contributed by atoms with Gasteiger partial charge in [-0.2, -0.15) is 0 Å². The van der Waals surface area contributed by atoms with Crippen molar-refractivity contribution in [3.63, 3.8) is 0 Å². The van der Waals surface area contributed by atoms with Crippen LogP contribution in [0.25, 0.3) is 0 Å². The molecule has 11 heavy (non-hydrogen) atoms. The molecular formula is C9H12Cl2. The van der Waals surface area contributed by atoms with E-state index >= 15 is 0 Å². The lowest BCUT2D eigenvalue weighted by molar-refractivity contribution is 1.58. The number of hydrogen-bond acceptors (Lipinski definition) is 0. The van der Waals surface area contributed by atoms with Gasteiger partial charge in [-0.1, -0.05) is 61.2 Å². The summed E-state index contributed by atoms with van der Waals surface area (Å²) in [5.74, 6) is 0. The van der Waals surface area contributed by atoms with Crippen LogP contribution in [0.5, 0.6) is 0 Å². The molecule has 0 rings (SSSR count). The van der Waals surface area contributed by atoms with Crippen LogP contribution in [0.4, 0.5) is 0 Å². The monoisotopic (exact) mass is 190 g/mol. The molecule has 0 atom stereocenters. The van der Waals surface area contributed by atoms with E-state index in [4.69, 9.17) is 23.2 Å².